The molecule has 0 saturated carbocycles. The summed E-state index contributed by atoms with van der Waals surface area (Å²) in [5, 5.41) is 1.08. The van der Waals surface area contributed by atoms with Gasteiger partial charge in [0.05, 0.1) is 5.52 Å². The number of anilines is 1. The highest BCUT2D eigenvalue weighted by Gasteiger charge is 2.22. The standard InChI is InChI=1S/C14H16IN3OS/c1-10-4-6-20(19)7-5-18(10)14-12-8-11(15)2-3-13(12)16-9-17-14/h2-3,8-10H,4-7H2,1H3. The van der Waals surface area contributed by atoms with Crippen molar-refractivity contribution in [2.75, 3.05) is 23.0 Å². The lowest BCUT2D eigenvalue weighted by Gasteiger charge is -2.28. The van der Waals surface area contributed by atoms with Crippen LogP contribution in [0.15, 0.2) is 24.5 Å². The van der Waals surface area contributed by atoms with Gasteiger partial charge in [-0.2, -0.15) is 0 Å². The molecular formula is C14H16IN3OS. The van der Waals surface area contributed by atoms with Crippen LogP contribution in [0, 0.1) is 3.57 Å². The number of fused-ring (bicyclic) bond motifs is 1. The Morgan fingerprint density at radius 1 is 1.35 bits per heavy atom. The number of rotatable bonds is 1. The highest BCUT2D eigenvalue weighted by Crippen LogP contribution is 2.27. The summed E-state index contributed by atoms with van der Waals surface area (Å²) in [6.45, 7) is 2.98. The molecule has 0 spiro atoms. The summed E-state index contributed by atoms with van der Waals surface area (Å²) in [5.41, 5.74) is 0.966. The normalized spacial score (nSPS) is 23.8. The van der Waals surface area contributed by atoms with E-state index in [-0.39, 0.29) is 0 Å². The van der Waals surface area contributed by atoms with Gasteiger partial charge in [-0.3, -0.25) is 4.21 Å². The van der Waals surface area contributed by atoms with Crippen LogP contribution in [0.1, 0.15) is 13.3 Å². The zero-order chi connectivity index (χ0) is 14.1. The number of aromatic nitrogens is 2. The molecule has 3 rings (SSSR count). The van der Waals surface area contributed by atoms with Crippen LogP contribution in [0.5, 0.6) is 0 Å². The van der Waals surface area contributed by atoms with Crippen molar-refractivity contribution in [1.82, 2.24) is 9.97 Å². The van der Waals surface area contributed by atoms with Gasteiger partial charge >= 0.3 is 0 Å². The molecule has 2 atom stereocenters. The van der Waals surface area contributed by atoms with Crippen LogP contribution < -0.4 is 4.90 Å². The molecule has 1 aliphatic rings. The molecule has 1 aromatic heterocycles. The van der Waals surface area contributed by atoms with E-state index in [1.54, 1.807) is 6.33 Å². The second kappa shape index (κ2) is 5.93. The lowest BCUT2D eigenvalue weighted by molar-refractivity contribution is 0.639. The number of hydrogen-bond acceptors (Lipinski definition) is 4. The molecular weight excluding hydrogens is 385 g/mol. The Morgan fingerprint density at radius 2 is 2.20 bits per heavy atom. The first-order valence-corrected chi connectivity index (χ1v) is 9.24. The van der Waals surface area contributed by atoms with Gasteiger partial charge in [0, 0.05) is 43.8 Å². The fraction of sp³-hybridized carbons (Fsp3) is 0.429. The Morgan fingerprint density at radius 3 is 3.05 bits per heavy atom. The highest BCUT2D eigenvalue weighted by molar-refractivity contribution is 14.1. The van der Waals surface area contributed by atoms with Gasteiger partial charge in [-0.15, -0.1) is 0 Å². The number of benzene rings is 1. The van der Waals surface area contributed by atoms with Gasteiger partial charge in [-0.1, -0.05) is 0 Å². The first kappa shape index (κ1) is 14.2. The third-order valence-corrected chi connectivity index (χ3v) is 5.70. The van der Waals surface area contributed by atoms with Crippen molar-refractivity contribution in [3.63, 3.8) is 0 Å². The van der Waals surface area contributed by atoms with Crippen molar-refractivity contribution in [3.05, 3.63) is 28.1 Å². The number of halogens is 1. The summed E-state index contributed by atoms with van der Waals surface area (Å²) in [5.74, 6) is 2.48. The highest BCUT2D eigenvalue weighted by atomic mass is 127. The molecule has 1 aromatic carbocycles. The Labute approximate surface area is 134 Å². The summed E-state index contributed by atoms with van der Waals surface area (Å²) in [4.78, 5) is 11.1. The van der Waals surface area contributed by atoms with Crippen molar-refractivity contribution in [2.45, 2.75) is 19.4 Å². The van der Waals surface area contributed by atoms with Crippen LogP contribution in [0.3, 0.4) is 0 Å². The molecule has 1 aliphatic heterocycles. The molecule has 0 amide bonds. The Balaban J connectivity index is 2.08. The minimum absolute atomic E-state index is 0.359. The molecule has 106 valence electrons. The van der Waals surface area contributed by atoms with E-state index in [4.69, 9.17) is 0 Å². The van der Waals surface area contributed by atoms with Crippen molar-refractivity contribution >= 4 is 50.1 Å². The maximum atomic E-state index is 11.8. The predicted molar refractivity (Wildman–Crippen MR) is 91.6 cm³/mol. The third-order valence-electron chi connectivity index (χ3n) is 3.70. The Kier molecular flexibility index (Phi) is 4.21. The van der Waals surface area contributed by atoms with Gasteiger partial charge < -0.3 is 4.90 Å². The Hall–Kier alpha value is -0.760. The van der Waals surface area contributed by atoms with E-state index in [0.29, 0.717) is 6.04 Å². The van der Waals surface area contributed by atoms with Crippen LogP contribution in [-0.2, 0) is 10.8 Å². The first-order chi connectivity index (χ1) is 9.65. The topological polar surface area (TPSA) is 46.1 Å². The van der Waals surface area contributed by atoms with Gasteiger partial charge in [0.1, 0.15) is 12.1 Å². The molecule has 2 aromatic rings. The lowest BCUT2D eigenvalue weighted by atomic mass is 10.1. The summed E-state index contributed by atoms with van der Waals surface area (Å²) < 4.78 is 13.0. The molecule has 0 aliphatic carbocycles. The van der Waals surface area contributed by atoms with Gasteiger partial charge in [-0.05, 0) is 54.1 Å². The summed E-state index contributed by atoms with van der Waals surface area (Å²) >= 11 is 2.31. The van der Waals surface area contributed by atoms with Crippen molar-refractivity contribution in [3.8, 4) is 0 Å². The van der Waals surface area contributed by atoms with E-state index in [1.807, 2.05) is 6.07 Å². The number of hydrogen-bond donors (Lipinski definition) is 0. The third kappa shape index (κ3) is 2.81. The minimum atomic E-state index is -0.697. The van der Waals surface area contributed by atoms with Crippen molar-refractivity contribution in [1.29, 1.82) is 0 Å². The second-order valence-corrected chi connectivity index (χ2v) is 7.98. The van der Waals surface area contributed by atoms with Gasteiger partial charge in [0.25, 0.3) is 0 Å². The van der Waals surface area contributed by atoms with Crippen LogP contribution in [0.25, 0.3) is 10.9 Å². The molecule has 1 saturated heterocycles. The van der Waals surface area contributed by atoms with E-state index in [1.165, 1.54) is 3.57 Å². The average molecular weight is 401 g/mol. The van der Waals surface area contributed by atoms with Gasteiger partial charge in [-0.25, -0.2) is 9.97 Å². The van der Waals surface area contributed by atoms with Crippen LogP contribution in [0.4, 0.5) is 5.82 Å². The largest absolute Gasteiger partial charge is 0.352 e. The lowest BCUT2D eigenvalue weighted by Crippen LogP contribution is -2.34. The fourth-order valence-electron chi connectivity index (χ4n) is 2.54. The minimum Gasteiger partial charge on any atom is -0.352 e. The molecule has 4 nitrogen and oxygen atoms in total. The monoisotopic (exact) mass is 401 g/mol. The zero-order valence-electron chi connectivity index (χ0n) is 11.3. The molecule has 2 unspecified atom stereocenters. The molecule has 20 heavy (non-hydrogen) atoms. The quantitative estimate of drug-likeness (QED) is 0.690. The SMILES string of the molecule is CC1CCS(=O)CCN1c1ncnc2ccc(I)cc12. The molecule has 2 heterocycles. The number of nitrogens with zero attached hydrogens (tertiary/aromatic N) is 3. The van der Waals surface area contributed by atoms with E-state index in [0.717, 1.165) is 41.2 Å². The molecule has 0 radical (unpaired) electrons. The maximum absolute atomic E-state index is 11.8. The smallest absolute Gasteiger partial charge is 0.140 e. The summed E-state index contributed by atoms with van der Waals surface area (Å²) in [7, 11) is -0.697. The summed E-state index contributed by atoms with van der Waals surface area (Å²) in [6, 6.07) is 6.57. The molecule has 0 N–H and O–H groups in total. The van der Waals surface area contributed by atoms with Crippen molar-refractivity contribution < 1.29 is 4.21 Å². The van der Waals surface area contributed by atoms with Crippen LogP contribution >= 0.6 is 22.6 Å². The van der Waals surface area contributed by atoms with Crippen LogP contribution in [-0.4, -0.2) is 38.3 Å². The Bertz CT molecular complexity index is 664. The average Bonchev–Trinajstić information content (AvgIpc) is 2.61. The van der Waals surface area contributed by atoms with E-state index in [2.05, 4.69) is 56.5 Å². The molecule has 1 fully saturated rings. The van der Waals surface area contributed by atoms with Gasteiger partial charge in [0.15, 0.2) is 0 Å². The van der Waals surface area contributed by atoms with E-state index < -0.39 is 10.8 Å². The van der Waals surface area contributed by atoms with E-state index >= 15 is 0 Å². The molecule has 6 heteroatoms. The van der Waals surface area contributed by atoms with Crippen LogP contribution in [0.2, 0.25) is 0 Å². The van der Waals surface area contributed by atoms with E-state index in [9.17, 15) is 4.21 Å². The predicted octanol–water partition coefficient (Wildman–Crippen LogP) is 2.58. The maximum Gasteiger partial charge on any atom is 0.140 e. The van der Waals surface area contributed by atoms with Crippen molar-refractivity contribution in [2.24, 2.45) is 0 Å². The summed E-state index contributed by atoms with van der Waals surface area (Å²) in [6.07, 6.45) is 2.57. The van der Waals surface area contributed by atoms with Gasteiger partial charge in [0.2, 0.25) is 0 Å². The fourth-order valence-corrected chi connectivity index (χ4v) is 4.24. The molecule has 0 bridgehead atoms. The first-order valence-electron chi connectivity index (χ1n) is 6.67. The second-order valence-electron chi connectivity index (χ2n) is 5.04. The zero-order valence-corrected chi connectivity index (χ0v) is 14.2.